The molecule has 0 saturated carbocycles. The van der Waals surface area contributed by atoms with Gasteiger partial charge in [0.15, 0.2) is 0 Å². The standard InChI is InChI=1S/C14H18BrNO3/c1-2-10(8-14(18)19)9-16-13(17)7-11-4-3-5-12(15)6-11/h3-6,10H,2,7-9H2,1H3,(H,16,17)(H,18,19). The van der Waals surface area contributed by atoms with Gasteiger partial charge in [0, 0.05) is 17.4 Å². The van der Waals surface area contributed by atoms with E-state index in [-0.39, 0.29) is 18.2 Å². The van der Waals surface area contributed by atoms with E-state index in [0.29, 0.717) is 13.0 Å². The van der Waals surface area contributed by atoms with Crippen molar-refractivity contribution in [3.63, 3.8) is 0 Å². The van der Waals surface area contributed by atoms with Crippen molar-refractivity contribution in [2.75, 3.05) is 6.54 Å². The topological polar surface area (TPSA) is 66.4 Å². The highest BCUT2D eigenvalue weighted by Gasteiger charge is 2.12. The second-order valence-corrected chi connectivity index (χ2v) is 5.40. The predicted molar refractivity (Wildman–Crippen MR) is 76.9 cm³/mol. The first-order chi connectivity index (χ1) is 9.01. The molecule has 104 valence electrons. The summed E-state index contributed by atoms with van der Waals surface area (Å²) in [4.78, 5) is 22.4. The number of carboxylic acid groups (broad SMARTS) is 1. The molecule has 19 heavy (non-hydrogen) atoms. The van der Waals surface area contributed by atoms with Gasteiger partial charge in [0.1, 0.15) is 0 Å². The molecule has 0 spiro atoms. The molecule has 1 unspecified atom stereocenters. The van der Waals surface area contributed by atoms with Crippen molar-refractivity contribution >= 4 is 27.8 Å². The lowest BCUT2D eigenvalue weighted by Gasteiger charge is -2.13. The first kappa shape index (κ1) is 15.7. The highest BCUT2D eigenvalue weighted by atomic mass is 79.9. The maximum absolute atomic E-state index is 11.8. The van der Waals surface area contributed by atoms with Gasteiger partial charge < -0.3 is 10.4 Å². The minimum Gasteiger partial charge on any atom is -0.481 e. The smallest absolute Gasteiger partial charge is 0.303 e. The molecule has 1 amide bonds. The summed E-state index contributed by atoms with van der Waals surface area (Å²) < 4.78 is 0.940. The highest BCUT2D eigenvalue weighted by molar-refractivity contribution is 9.10. The molecule has 0 heterocycles. The number of benzene rings is 1. The van der Waals surface area contributed by atoms with Crippen molar-refractivity contribution in [1.29, 1.82) is 0 Å². The van der Waals surface area contributed by atoms with Crippen molar-refractivity contribution < 1.29 is 14.7 Å². The van der Waals surface area contributed by atoms with Crippen LogP contribution in [0.4, 0.5) is 0 Å². The van der Waals surface area contributed by atoms with Gasteiger partial charge in [0.05, 0.1) is 6.42 Å². The van der Waals surface area contributed by atoms with Crippen LogP contribution in [0.2, 0.25) is 0 Å². The van der Waals surface area contributed by atoms with E-state index in [9.17, 15) is 9.59 Å². The number of halogens is 1. The van der Waals surface area contributed by atoms with E-state index in [0.717, 1.165) is 16.5 Å². The minimum absolute atomic E-state index is 0.0102. The lowest BCUT2D eigenvalue weighted by Crippen LogP contribution is -2.31. The lowest BCUT2D eigenvalue weighted by atomic mass is 10.0. The molecule has 4 nitrogen and oxygen atoms in total. The molecule has 1 aromatic rings. The molecule has 0 aliphatic carbocycles. The van der Waals surface area contributed by atoms with Crippen molar-refractivity contribution in [1.82, 2.24) is 5.32 Å². The average molecular weight is 328 g/mol. The number of hydrogen-bond acceptors (Lipinski definition) is 2. The summed E-state index contributed by atoms with van der Waals surface area (Å²) in [5.74, 6) is -0.918. The third kappa shape index (κ3) is 6.38. The number of nitrogens with one attached hydrogen (secondary N) is 1. The largest absolute Gasteiger partial charge is 0.481 e. The van der Waals surface area contributed by atoms with Gasteiger partial charge in [-0.2, -0.15) is 0 Å². The molecule has 0 aliphatic heterocycles. The Morgan fingerprint density at radius 3 is 2.74 bits per heavy atom. The maximum Gasteiger partial charge on any atom is 0.303 e. The van der Waals surface area contributed by atoms with Crippen LogP contribution in [0.5, 0.6) is 0 Å². The quantitative estimate of drug-likeness (QED) is 0.808. The zero-order chi connectivity index (χ0) is 14.3. The molecule has 1 atom stereocenters. The van der Waals surface area contributed by atoms with Crippen LogP contribution in [0, 0.1) is 5.92 Å². The number of carbonyl (C=O) groups is 2. The zero-order valence-corrected chi connectivity index (χ0v) is 12.4. The van der Waals surface area contributed by atoms with E-state index in [1.807, 2.05) is 31.2 Å². The molecule has 2 N–H and O–H groups in total. The van der Waals surface area contributed by atoms with Crippen molar-refractivity contribution in [3.05, 3.63) is 34.3 Å². The van der Waals surface area contributed by atoms with Gasteiger partial charge in [-0.25, -0.2) is 0 Å². The normalized spacial score (nSPS) is 11.9. The third-order valence-electron chi connectivity index (χ3n) is 2.88. The summed E-state index contributed by atoms with van der Waals surface area (Å²) >= 11 is 3.36. The van der Waals surface area contributed by atoms with Gasteiger partial charge >= 0.3 is 5.97 Å². The average Bonchev–Trinajstić information content (AvgIpc) is 2.34. The van der Waals surface area contributed by atoms with E-state index in [2.05, 4.69) is 21.2 Å². The van der Waals surface area contributed by atoms with Crippen LogP contribution in [0.15, 0.2) is 28.7 Å². The van der Waals surface area contributed by atoms with Gasteiger partial charge in [-0.15, -0.1) is 0 Å². The summed E-state index contributed by atoms with van der Waals surface area (Å²) in [6.07, 6.45) is 1.14. The summed E-state index contributed by atoms with van der Waals surface area (Å²) in [6, 6.07) is 7.57. The van der Waals surface area contributed by atoms with Crippen molar-refractivity contribution in [2.45, 2.75) is 26.2 Å². The molecule has 0 radical (unpaired) electrons. The van der Waals surface area contributed by atoms with Crippen LogP contribution >= 0.6 is 15.9 Å². The first-order valence-corrected chi connectivity index (χ1v) is 7.03. The molecule has 0 aliphatic rings. The summed E-state index contributed by atoms with van der Waals surface area (Å²) in [5, 5.41) is 11.5. The zero-order valence-electron chi connectivity index (χ0n) is 10.9. The molecule has 1 rings (SSSR count). The van der Waals surface area contributed by atoms with E-state index >= 15 is 0 Å². The molecule has 0 saturated heterocycles. The number of amides is 1. The molecule has 0 aromatic heterocycles. The molecular weight excluding hydrogens is 310 g/mol. The van der Waals surface area contributed by atoms with E-state index in [1.165, 1.54) is 0 Å². The second-order valence-electron chi connectivity index (χ2n) is 4.48. The fourth-order valence-electron chi connectivity index (χ4n) is 1.76. The monoisotopic (exact) mass is 327 g/mol. The second kappa shape index (κ2) is 7.94. The molecule has 1 aromatic carbocycles. The summed E-state index contributed by atoms with van der Waals surface area (Å²) in [6.45, 7) is 2.34. The Hall–Kier alpha value is -1.36. The summed E-state index contributed by atoms with van der Waals surface area (Å²) in [7, 11) is 0. The fourth-order valence-corrected chi connectivity index (χ4v) is 2.21. The van der Waals surface area contributed by atoms with Crippen LogP contribution in [0.1, 0.15) is 25.3 Å². The molecule has 0 bridgehead atoms. The maximum atomic E-state index is 11.8. The summed E-state index contributed by atoms with van der Waals surface area (Å²) in [5.41, 5.74) is 0.929. The Bertz CT molecular complexity index is 448. The molecular formula is C14H18BrNO3. The van der Waals surface area contributed by atoms with E-state index in [1.54, 1.807) is 0 Å². The lowest BCUT2D eigenvalue weighted by molar-refractivity contribution is -0.138. The van der Waals surface area contributed by atoms with Gasteiger partial charge in [-0.1, -0.05) is 41.4 Å². The van der Waals surface area contributed by atoms with Crippen LogP contribution in [0.3, 0.4) is 0 Å². The Morgan fingerprint density at radius 1 is 1.42 bits per heavy atom. The first-order valence-electron chi connectivity index (χ1n) is 6.24. The van der Waals surface area contributed by atoms with Gasteiger partial charge in [-0.3, -0.25) is 9.59 Å². The van der Waals surface area contributed by atoms with Crippen LogP contribution < -0.4 is 5.32 Å². The highest BCUT2D eigenvalue weighted by Crippen LogP contribution is 2.12. The Balaban J connectivity index is 2.40. The number of rotatable bonds is 7. The van der Waals surface area contributed by atoms with Crippen molar-refractivity contribution in [2.24, 2.45) is 5.92 Å². The van der Waals surface area contributed by atoms with Gasteiger partial charge in [0.25, 0.3) is 0 Å². The van der Waals surface area contributed by atoms with E-state index < -0.39 is 5.97 Å². The van der Waals surface area contributed by atoms with Gasteiger partial charge in [0.2, 0.25) is 5.91 Å². The van der Waals surface area contributed by atoms with Crippen LogP contribution in [-0.2, 0) is 16.0 Å². The number of hydrogen-bond donors (Lipinski definition) is 2. The van der Waals surface area contributed by atoms with Crippen molar-refractivity contribution in [3.8, 4) is 0 Å². The predicted octanol–water partition coefficient (Wildman–Crippen LogP) is 2.61. The Kier molecular flexibility index (Phi) is 6.56. The van der Waals surface area contributed by atoms with Gasteiger partial charge in [-0.05, 0) is 23.6 Å². The number of carbonyl (C=O) groups excluding carboxylic acids is 1. The SMILES string of the molecule is CCC(CNC(=O)Cc1cccc(Br)c1)CC(=O)O. The van der Waals surface area contributed by atoms with Crippen LogP contribution in [-0.4, -0.2) is 23.5 Å². The third-order valence-corrected chi connectivity index (χ3v) is 3.38. The molecule has 5 heteroatoms. The molecule has 0 fully saturated rings. The Morgan fingerprint density at radius 2 is 2.16 bits per heavy atom. The number of aliphatic carboxylic acids is 1. The minimum atomic E-state index is -0.826. The van der Waals surface area contributed by atoms with Crippen LogP contribution in [0.25, 0.3) is 0 Å². The Labute approximate surface area is 121 Å². The fraction of sp³-hybridized carbons (Fsp3) is 0.429. The van der Waals surface area contributed by atoms with E-state index in [4.69, 9.17) is 5.11 Å². The number of carboxylic acids is 1.